The molecule has 0 saturated carbocycles. The number of hydrogen-bond donors (Lipinski definition) is 0. The third kappa shape index (κ3) is 11.7. The van der Waals surface area contributed by atoms with Crippen molar-refractivity contribution in [2.75, 3.05) is 13.2 Å². The summed E-state index contributed by atoms with van der Waals surface area (Å²) in [5.74, 6) is -0.915. The maximum Gasteiger partial charge on any atom is 0.339 e. The van der Waals surface area contributed by atoms with Crippen LogP contribution in [0.4, 0.5) is 0 Å². The van der Waals surface area contributed by atoms with Crippen molar-refractivity contribution in [3.63, 3.8) is 0 Å². The van der Waals surface area contributed by atoms with Gasteiger partial charge in [0.15, 0.2) is 0 Å². The fraction of sp³-hybridized carbons (Fsp3) is 0.680. The number of hydrogen-bond acceptors (Lipinski definition) is 4. The number of carbonyl (C=O) groups excluding carboxylic acids is 2. The zero-order valence-corrected chi connectivity index (χ0v) is 18.5. The predicted molar refractivity (Wildman–Crippen MR) is 118 cm³/mol. The molecule has 0 unspecified atom stereocenters. The topological polar surface area (TPSA) is 52.6 Å². The van der Waals surface area contributed by atoms with E-state index < -0.39 is 11.9 Å². The summed E-state index contributed by atoms with van der Waals surface area (Å²) in [5, 5.41) is 0. The van der Waals surface area contributed by atoms with Crippen molar-refractivity contribution < 1.29 is 19.1 Å². The van der Waals surface area contributed by atoms with Gasteiger partial charge in [0.25, 0.3) is 0 Å². The number of unbranched alkanes of at least 4 members (excludes halogenated alkanes) is 11. The van der Waals surface area contributed by atoms with Crippen LogP contribution in [0.5, 0.6) is 0 Å². The largest absolute Gasteiger partial charge is 0.462 e. The van der Waals surface area contributed by atoms with E-state index in [4.69, 9.17) is 9.47 Å². The highest BCUT2D eigenvalue weighted by Crippen LogP contribution is 2.14. The van der Waals surface area contributed by atoms with Gasteiger partial charge in [-0.05, 0) is 25.0 Å². The van der Waals surface area contributed by atoms with E-state index in [2.05, 4.69) is 6.92 Å². The lowest BCUT2D eigenvalue weighted by Gasteiger charge is -2.09. The van der Waals surface area contributed by atoms with Gasteiger partial charge in [0, 0.05) is 0 Å². The van der Waals surface area contributed by atoms with E-state index >= 15 is 0 Å². The van der Waals surface area contributed by atoms with Crippen LogP contribution in [0, 0.1) is 0 Å². The van der Waals surface area contributed by atoms with Gasteiger partial charge in [-0.3, -0.25) is 0 Å². The summed E-state index contributed by atoms with van der Waals surface area (Å²) in [7, 11) is 0. The second-order valence-electron chi connectivity index (χ2n) is 7.71. The highest BCUT2D eigenvalue weighted by atomic mass is 16.5. The van der Waals surface area contributed by atoms with Crippen LogP contribution in [0.1, 0.15) is 118 Å². The predicted octanol–water partition coefficient (Wildman–Crippen LogP) is 7.11. The lowest BCUT2D eigenvalue weighted by molar-refractivity contribution is 0.0454. The first-order chi connectivity index (χ1) is 14.2. The Labute approximate surface area is 177 Å². The van der Waals surface area contributed by atoms with E-state index in [9.17, 15) is 9.59 Å². The molecule has 1 rings (SSSR count). The Hall–Kier alpha value is -1.84. The Balaban J connectivity index is 2.12. The molecule has 29 heavy (non-hydrogen) atoms. The molecule has 1 aromatic carbocycles. The molecule has 0 N–H and O–H groups in total. The molecular formula is C25H40O4. The van der Waals surface area contributed by atoms with Crippen LogP contribution in [0.3, 0.4) is 0 Å². The Bertz CT molecular complexity index is 568. The molecule has 0 fully saturated rings. The first kappa shape index (κ1) is 25.2. The Morgan fingerprint density at radius 2 is 1.00 bits per heavy atom. The molecular weight excluding hydrogens is 364 g/mol. The van der Waals surface area contributed by atoms with E-state index in [-0.39, 0.29) is 11.1 Å². The minimum atomic E-state index is -0.468. The molecule has 164 valence electrons. The lowest BCUT2D eigenvalue weighted by Crippen LogP contribution is -2.14. The third-order valence-electron chi connectivity index (χ3n) is 5.04. The van der Waals surface area contributed by atoms with Crippen LogP contribution in [0.25, 0.3) is 0 Å². The van der Waals surface area contributed by atoms with Crippen molar-refractivity contribution in [1.82, 2.24) is 0 Å². The molecule has 4 nitrogen and oxygen atoms in total. The average Bonchev–Trinajstić information content (AvgIpc) is 2.75. The first-order valence-corrected chi connectivity index (χ1v) is 11.6. The minimum absolute atomic E-state index is 0.278. The molecule has 4 heteroatoms. The van der Waals surface area contributed by atoms with E-state index in [1.165, 1.54) is 64.2 Å². The first-order valence-electron chi connectivity index (χ1n) is 11.6. The highest BCUT2D eigenvalue weighted by molar-refractivity contribution is 6.03. The molecule has 0 spiro atoms. The summed E-state index contributed by atoms with van der Waals surface area (Å²) in [6.45, 7) is 4.93. The van der Waals surface area contributed by atoms with Gasteiger partial charge in [-0.15, -0.1) is 0 Å². The number of esters is 2. The van der Waals surface area contributed by atoms with Crippen molar-refractivity contribution in [3.8, 4) is 0 Å². The van der Waals surface area contributed by atoms with Crippen LogP contribution in [0.2, 0.25) is 0 Å². The molecule has 0 bridgehead atoms. The van der Waals surface area contributed by atoms with Crippen molar-refractivity contribution >= 4 is 11.9 Å². The highest BCUT2D eigenvalue weighted by Gasteiger charge is 2.18. The van der Waals surface area contributed by atoms with Crippen LogP contribution >= 0.6 is 0 Å². The molecule has 0 aliphatic heterocycles. The average molecular weight is 405 g/mol. The van der Waals surface area contributed by atoms with Crippen molar-refractivity contribution in [2.24, 2.45) is 0 Å². The molecule has 0 aliphatic rings. The molecule has 0 saturated heterocycles. The zero-order chi connectivity index (χ0) is 21.2. The molecule has 1 aromatic rings. The molecule has 0 aliphatic carbocycles. The quantitative estimate of drug-likeness (QED) is 0.205. The van der Waals surface area contributed by atoms with Crippen molar-refractivity contribution in [3.05, 3.63) is 35.4 Å². The van der Waals surface area contributed by atoms with E-state index in [1.807, 2.05) is 6.92 Å². The maximum atomic E-state index is 12.3. The fourth-order valence-electron chi connectivity index (χ4n) is 3.30. The van der Waals surface area contributed by atoms with Crippen LogP contribution in [0.15, 0.2) is 24.3 Å². The standard InChI is InChI=1S/C25H40O4/c1-3-5-6-7-8-9-10-11-12-13-14-17-21-29-25(27)23-19-16-15-18-22(23)24(26)28-20-4-2/h15-16,18-19H,3-14,17,20-21H2,1-2H3. The summed E-state index contributed by atoms with van der Waals surface area (Å²) in [6.07, 6.45) is 16.0. The van der Waals surface area contributed by atoms with Gasteiger partial charge in [-0.25, -0.2) is 9.59 Å². The number of carbonyl (C=O) groups is 2. The minimum Gasteiger partial charge on any atom is -0.462 e. The SMILES string of the molecule is CCCCCCCCCCCCCCOC(=O)c1ccccc1C(=O)OCCC. The lowest BCUT2D eigenvalue weighted by atomic mass is 10.1. The molecule has 0 radical (unpaired) electrons. The number of benzene rings is 1. The van der Waals surface area contributed by atoms with Crippen LogP contribution in [-0.4, -0.2) is 25.2 Å². The number of rotatable bonds is 17. The van der Waals surface area contributed by atoms with Crippen LogP contribution < -0.4 is 0 Å². The fourth-order valence-corrected chi connectivity index (χ4v) is 3.30. The second kappa shape index (κ2) is 17.1. The molecule has 0 atom stereocenters. The number of ether oxygens (including phenoxy) is 2. The van der Waals surface area contributed by atoms with Gasteiger partial charge in [0.05, 0.1) is 24.3 Å². The summed E-state index contributed by atoms with van der Waals surface area (Å²) in [4.78, 5) is 24.4. The molecule has 0 amide bonds. The summed E-state index contributed by atoms with van der Waals surface area (Å²) in [6, 6.07) is 6.69. The second-order valence-corrected chi connectivity index (χ2v) is 7.71. The van der Waals surface area contributed by atoms with Gasteiger partial charge >= 0.3 is 11.9 Å². The zero-order valence-electron chi connectivity index (χ0n) is 18.5. The van der Waals surface area contributed by atoms with Gasteiger partial charge in [0.1, 0.15) is 0 Å². The smallest absolute Gasteiger partial charge is 0.339 e. The van der Waals surface area contributed by atoms with E-state index in [0.29, 0.717) is 13.2 Å². The van der Waals surface area contributed by atoms with Crippen molar-refractivity contribution in [1.29, 1.82) is 0 Å². The Morgan fingerprint density at radius 1 is 0.586 bits per heavy atom. The maximum absolute atomic E-state index is 12.3. The van der Waals surface area contributed by atoms with Gasteiger partial charge < -0.3 is 9.47 Å². The molecule has 0 heterocycles. The molecule has 0 aromatic heterocycles. The van der Waals surface area contributed by atoms with Gasteiger partial charge in [-0.1, -0.05) is 96.6 Å². The Morgan fingerprint density at radius 3 is 1.45 bits per heavy atom. The normalized spacial score (nSPS) is 10.7. The van der Waals surface area contributed by atoms with Crippen LogP contribution in [-0.2, 0) is 9.47 Å². The summed E-state index contributed by atoms with van der Waals surface area (Å²) >= 11 is 0. The van der Waals surface area contributed by atoms with E-state index in [1.54, 1.807) is 24.3 Å². The monoisotopic (exact) mass is 404 g/mol. The van der Waals surface area contributed by atoms with E-state index in [0.717, 1.165) is 19.3 Å². The van der Waals surface area contributed by atoms with Gasteiger partial charge in [0.2, 0.25) is 0 Å². The van der Waals surface area contributed by atoms with Gasteiger partial charge in [-0.2, -0.15) is 0 Å². The summed E-state index contributed by atoms with van der Waals surface area (Å²) in [5.41, 5.74) is 0.563. The van der Waals surface area contributed by atoms with Crippen molar-refractivity contribution in [2.45, 2.75) is 97.3 Å². The third-order valence-corrected chi connectivity index (χ3v) is 5.04. The summed E-state index contributed by atoms with van der Waals surface area (Å²) < 4.78 is 10.5. The Kier molecular flexibility index (Phi) is 14.8.